The van der Waals surface area contributed by atoms with Crippen molar-refractivity contribution in [2.24, 2.45) is 5.92 Å². The number of alkyl halides is 3. The lowest BCUT2D eigenvalue weighted by atomic mass is 9.84. The quantitative estimate of drug-likeness (QED) is 0.909. The molecule has 2 atom stereocenters. The summed E-state index contributed by atoms with van der Waals surface area (Å²) in [6.45, 7) is 2.09. The Bertz CT molecular complexity index is 389. The Morgan fingerprint density at radius 1 is 1.39 bits per heavy atom. The van der Waals surface area contributed by atoms with Crippen molar-refractivity contribution in [2.45, 2.75) is 51.4 Å². The van der Waals surface area contributed by atoms with Crippen LogP contribution in [0, 0.1) is 12.8 Å². The van der Waals surface area contributed by atoms with Crippen LogP contribution >= 0.6 is 0 Å². The highest BCUT2D eigenvalue weighted by Gasteiger charge is 2.45. The van der Waals surface area contributed by atoms with Gasteiger partial charge in [-0.2, -0.15) is 13.2 Å². The number of aryl methyl sites for hydroxylation is 1. The Kier molecular flexibility index (Phi) is 3.94. The van der Waals surface area contributed by atoms with Crippen LogP contribution in [0.15, 0.2) is 10.6 Å². The highest BCUT2D eigenvalue weighted by molar-refractivity contribution is 5.03. The van der Waals surface area contributed by atoms with Gasteiger partial charge in [0.05, 0.1) is 11.6 Å². The molecular formula is C12H17F3N2O. The van der Waals surface area contributed by atoms with E-state index in [2.05, 4.69) is 10.5 Å². The van der Waals surface area contributed by atoms with E-state index in [9.17, 15) is 13.2 Å². The molecule has 1 aliphatic rings. The fraction of sp³-hybridized carbons (Fsp3) is 0.750. The molecule has 0 bridgehead atoms. The van der Waals surface area contributed by atoms with E-state index < -0.39 is 18.1 Å². The summed E-state index contributed by atoms with van der Waals surface area (Å²) in [7, 11) is 0. The lowest BCUT2D eigenvalue weighted by molar-refractivity contribution is -0.189. The van der Waals surface area contributed by atoms with E-state index in [4.69, 9.17) is 4.52 Å². The van der Waals surface area contributed by atoms with Crippen molar-refractivity contribution < 1.29 is 17.7 Å². The Hall–Kier alpha value is -1.04. The predicted octanol–water partition coefficient (Wildman–Crippen LogP) is 3.19. The Labute approximate surface area is 104 Å². The summed E-state index contributed by atoms with van der Waals surface area (Å²) in [5, 5.41) is 6.73. The van der Waals surface area contributed by atoms with Crippen molar-refractivity contribution >= 4 is 0 Å². The van der Waals surface area contributed by atoms with Crippen LogP contribution in [0.25, 0.3) is 0 Å². The average Bonchev–Trinajstić information content (AvgIpc) is 2.72. The molecule has 2 unspecified atom stereocenters. The third-order valence-electron chi connectivity index (χ3n) is 3.41. The summed E-state index contributed by atoms with van der Waals surface area (Å²) in [6.07, 6.45) is -1.81. The third kappa shape index (κ3) is 3.25. The topological polar surface area (TPSA) is 38.1 Å². The number of hydrogen-bond acceptors (Lipinski definition) is 3. The van der Waals surface area contributed by atoms with Gasteiger partial charge in [0.25, 0.3) is 0 Å². The molecule has 1 aromatic rings. The zero-order chi connectivity index (χ0) is 13.2. The fourth-order valence-corrected chi connectivity index (χ4v) is 2.50. The second kappa shape index (κ2) is 5.30. The van der Waals surface area contributed by atoms with Gasteiger partial charge >= 0.3 is 6.18 Å². The highest BCUT2D eigenvalue weighted by atomic mass is 19.4. The van der Waals surface area contributed by atoms with E-state index in [1.165, 1.54) is 0 Å². The summed E-state index contributed by atoms with van der Waals surface area (Å²) in [5.41, 5.74) is 0.652. The molecular weight excluding hydrogens is 245 g/mol. The molecule has 6 heteroatoms. The van der Waals surface area contributed by atoms with E-state index in [0.717, 1.165) is 6.42 Å². The molecule has 1 aliphatic carbocycles. The number of nitrogens with one attached hydrogen (secondary N) is 1. The summed E-state index contributed by atoms with van der Waals surface area (Å²) < 4.78 is 43.4. The van der Waals surface area contributed by atoms with Gasteiger partial charge in [0.15, 0.2) is 0 Å². The SMILES string of the molecule is Cc1cc(CNC2CCCCC2C(F)(F)F)no1. The van der Waals surface area contributed by atoms with Crippen LogP contribution in [0.1, 0.15) is 37.1 Å². The minimum absolute atomic E-state index is 0.221. The number of halogens is 3. The molecule has 1 fully saturated rings. The van der Waals surface area contributed by atoms with Gasteiger partial charge in [0.1, 0.15) is 5.76 Å². The molecule has 18 heavy (non-hydrogen) atoms. The van der Waals surface area contributed by atoms with Crippen LogP contribution in [0.2, 0.25) is 0 Å². The second-order valence-corrected chi connectivity index (χ2v) is 4.85. The molecule has 0 saturated heterocycles. The van der Waals surface area contributed by atoms with Gasteiger partial charge in [0, 0.05) is 18.7 Å². The summed E-state index contributed by atoms with van der Waals surface area (Å²) in [5.74, 6) is -0.568. The maximum Gasteiger partial charge on any atom is 0.393 e. The minimum atomic E-state index is -4.11. The molecule has 0 aliphatic heterocycles. The van der Waals surface area contributed by atoms with Gasteiger partial charge in [-0.3, -0.25) is 0 Å². The van der Waals surface area contributed by atoms with E-state index in [1.807, 2.05) is 0 Å². The second-order valence-electron chi connectivity index (χ2n) is 4.85. The minimum Gasteiger partial charge on any atom is -0.361 e. The number of aromatic nitrogens is 1. The normalized spacial score (nSPS) is 25.3. The number of nitrogens with zero attached hydrogens (tertiary/aromatic N) is 1. The standard InChI is InChI=1S/C12H17F3N2O/c1-8-6-9(17-18-8)7-16-11-5-3-2-4-10(11)12(13,14)15/h6,10-11,16H,2-5,7H2,1H3. The molecule has 102 valence electrons. The molecule has 1 saturated carbocycles. The monoisotopic (exact) mass is 262 g/mol. The maximum absolute atomic E-state index is 12.8. The zero-order valence-electron chi connectivity index (χ0n) is 10.3. The molecule has 3 nitrogen and oxygen atoms in total. The smallest absolute Gasteiger partial charge is 0.361 e. The van der Waals surface area contributed by atoms with Gasteiger partial charge in [-0.05, 0) is 19.8 Å². The zero-order valence-corrected chi connectivity index (χ0v) is 10.3. The van der Waals surface area contributed by atoms with Crippen LogP contribution in [-0.2, 0) is 6.54 Å². The van der Waals surface area contributed by atoms with Gasteiger partial charge in [-0.25, -0.2) is 0 Å². The molecule has 1 N–H and O–H groups in total. The number of hydrogen-bond donors (Lipinski definition) is 1. The Morgan fingerprint density at radius 2 is 2.11 bits per heavy atom. The molecule has 1 heterocycles. The summed E-state index contributed by atoms with van der Waals surface area (Å²) >= 11 is 0. The van der Waals surface area contributed by atoms with Crippen LogP contribution in [0.4, 0.5) is 13.2 Å². The largest absolute Gasteiger partial charge is 0.393 e. The van der Waals surface area contributed by atoms with Crippen molar-refractivity contribution in [1.29, 1.82) is 0 Å². The molecule has 1 aromatic heterocycles. The fourth-order valence-electron chi connectivity index (χ4n) is 2.50. The molecule has 2 rings (SSSR count). The average molecular weight is 262 g/mol. The van der Waals surface area contributed by atoms with Crippen molar-refractivity contribution in [3.05, 3.63) is 17.5 Å². The summed E-state index contributed by atoms with van der Waals surface area (Å²) in [4.78, 5) is 0. The number of rotatable bonds is 3. The van der Waals surface area contributed by atoms with Crippen molar-refractivity contribution in [2.75, 3.05) is 0 Å². The Balaban J connectivity index is 1.93. The summed E-state index contributed by atoms with van der Waals surface area (Å²) in [6, 6.07) is 1.23. The first-order valence-corrected chi connectivity index (χ1v) is 6.19. The molecule has 0 aromatic carbocycles. The van der Waals surface area contributed by atoms with Crippen molar-refractivity contribution in [3.8, 4) is 0 Å². The van der Waals surface area contributed by atoms with Gasteiger partial charge in [-0.1, -0.05) is 18.0 Å². The first-order valence-electron chi connectivity index (χ1n) is 6.19. The van der Waals surface area contributed by atoms with E-state index in [-0.39, 0.29) is 6.42 Å². The lowest BCUT2D eigenvalue weighted by Gasteiger charge is -2.33. The predicted molar refractivity (Wildman–Crippen MR) is 59.9 cm³/mol. The van der Waals surface area contributed by atoms with E-state index in [1.54, 1.807) is 13.0 Å². The first-order chi connectivity index (χ1) is 8.47. The van der Waals surface area contributed by atoms with Gasteiger partial charge in [0.2, 0.25) is 0 Å². The van der Waals surface area contributed by atoms with Crippen molar-refractivity contribution in [1.82, 2.24) is 10.5 Å². The lowest BCUT2D eigenvalue weighted by Crippen LogP contribution is -2.45. The van der Waals surface area contributed by atoms with Gasteiger partial charge in [-0.15, -0.1) is 0 Å². The van der Waals surface area contributed by atoms with Crippen LogP contribution in [-0.4, -0.2) is 17.4 Å². The molecule has 0 radical (unpaired) electrons. The van der Waals surface area contributed by atoms with Crippen LogP contribution < -0.4 is 5.32 Å². The molecule has 0 spiro atoms. The van der Waals surface area contributed by atoms with E-state index >= 15 is 0 Å². The Morgan fingerprint density at radius 3 is 2.72 bits per heavy atom. The maximum atomic E-state index is 12.8. The van der Waals surface area contributed by atoms with Crippen molar-refractivity contribution in [3.63, 3.8) is 0 Å². The van der Waals surface area contributed by atoms with E-state index in [0.29, 0.717) is 30.8 Å². The molecule has 0 amide bonds. The van der Waals surface area contributed by atoms with Crippen LogP contribution in [0.3, 0.4) is 0 Å². The highest BCUT2D eigenvalue weighted by Crippen LogP contribution is 2.37. The third-order valence-corrected chi connectivity index (χ3v) is 3.41. The first kappa shape index (κ1) is 13.4. The van der Waals surface area contributed by atoms with Gasteiger partial charge < -0.3 is 9.84 Å². The van der Waals surface area contributed by atoms with Crippen LogP contribution in [0.5, 0.6) is 0 Å².